The Morgan fingerprint density at radius 1 is 0.909 bits per heavy atom. The second kappa shape index (κ2) is 8.90. The van der Waals surface area contributed by atoms with Gasteiger partial charge < -0.3 is 10.1 Å². The number of hydrogen-bond acceptors (Lipinski definition) is 4. The number of benzene rings is 3. The SMILES string of the molecule is COc1ccc(C)cc1N1C(=O)C(Nc2ccc(C(C)C)cc2)=C(c2ccc(F)cc2)C1=O. The Morgan fingerprint density at radius 3 is 2.18 bits per heavy atom. The van der Waals surface area contributed by atoms with Crippen molar-refractivity contribution in [1.29, 1.82) is 0 Å². The summed E-state index contributed by atoms with van der Waals surface area (Å²) < 4.78 is 19.0. The van der Waals surface area contributed by atoms with Gasteiger partial charge in [0.05, 0.1) is 18.4 Å². The quantitative estimate of drug-likeness (QED) is 0.498. The molecule has 1 heterocycles. The number of methoxy groups -OCH3 is 1. The number of carbonyl (C=O) groups is 2. The minimum absolute atomic E-state index is 0.132. The van der Waals surface area contributed by atoms with Gasteiger partial charge in [0.15, 0.2) is 0 Å². The lowest BCUT2D eigenvalue weighted by molar-refractivity contribution is -0.120. The normalized spacial score (nSPS) is 13.8. The van der Waals surface area contributed by atoms with E-state index in [0.29, 0.717) is 28.6 Å². The van der Waals surface area contributed by atoms with Crippen LogP contribution in [0, 0.1) is 12.7 Å². The standard InChI is InChI=1S/C27H25FN2O3/c1-16(2)18-8-12-21(13-9-18)29-25-24(19-6-10-20(28)11-7-19)26(31)30(27(25)32)22-15-17(3)5-14-23(22)33-4/h5-16,29H,1-4H3. The molecular formula is C27H25FN2O3. The van der Waals surface area contributed by atoms with Crippen molar-refractivity contribution in [2.45, 2.75) is 26.7 Å². The Kier molecular flexibility index (Phi) is 6.01. The zero-order chi connectivity index (χ0) is 23.7. The zero-order valence-electron chi connectivity index (χ0n) is 19.0. The average Bonchev–Trinajstić information content (AvgIpc) is 3.04. The highest BCUT2D eigenvalue weighted by molar-refractivity contribution is 6.46. The Hall–Kier alpha value is -3.93. The third-order valence-corrected chi connectivity index (χ3v) is 5.64. The van der Waals surface area contributed by atoms with Crippen LogP contribution in [0.25, 0.3) is 5.57 Å². The molecule has 0 spiro atoms. The van der Waals surface area contributed by atoms with E-state index < -0.39 is 17.6 Å². The molecule has 1 aliphatic heterocycles. The molecule has 0 fully saturated rings. The third kappa shape index (κ3) is 4.24. The molecule has 6 heteroatoms. The number of anilines is 2. The molecular weight excluding hydrogens is 419 g/mol. The van der Waals surface area contributed by atoms with E-state index in [0.717, 1.165) is 16.0 Å². The molecule has 0 aliphatic carbocycles. The first kappa shape index (κ1) is 22.3. The molecule has 3 aromatic rings. The number of imide groups is 1. The number of aryl methyl sites for hydroxylation is 1. The van der Waals surface area contributed by atoms with Crippen LogP contribution in [0.3, 0.4) is 0 Å². The van der Waals surface area contributed by atoms with Gasteiger partial charge in [0.2, 0.25) is 0 Å². The highest BCUT2D eigenvalue weighted by Crippen LogP contribution is 2.38. The molecule has 4 rings (SSSR count). The van der Waals surface area contributed by atoms with Crippen LogP contribution in [-0.2, 0) is 9.59 Å². The summed E-state index contributed by atoms with van der Waals surface area (Å²) in [5.41, 5.74) is 3.83. The Balaban J connectivity index is 1.82. The number of amides is 2. The van der Waals surface area contributed by atoms with Crippen LogP contribution in [0.4, 0.5) is 15.8 Å². The van der Waals surface area contributed by atoms with Crippen molar-refractivity contribution in [3.05, 3.63) is 94.9 Å². The molecule has 1 aliphatic rings. The predicted octanol–water partition coefficient (Wildman–Crippen LogP) is 5.66. The molecule has 0 atom stereocenters. The van der Waals surface area contributed by atoms with E-state index in [1.807, 2.05) is 37.3 Å². The summed E-state index contributed by atoms with van der Waals surface area (Å²) in [7, 11) is 1.49. The maximum atomic E-state index is 13.6. The molecule has 168 valence electrons. The zero-order valence-corrected chi connectivity index (χ0v) is 19.0. The van der Waals surface area contributed by atoms with Gasteiger partial charge in [0.1, 0.15) is 17.3 Å². The molecule has 2 amide bonds. The summed E-state index contributed by atoms with van der Waals surface area (Å²) in [6.07, 6.45) is 0. The van der Waals surface area contributed by atoms with E-state index >= 15 is 0 Å². The highest BCUT2D eigenvalue weighted by Gasteiger charge is 2.41. The molecule has 0 aromatic heterocycles. The topological polar surface area (TPSA) is 58.6 Å². The van der Waals surface area contributed by atoms with Crippen molar-refractivity contribution in [3.63, 3.8) is 0 Å². The van der Waals surface area contributed by atoms with E-state index in [1.165, 1.54) is 31.4 Å². The summed E-state index contributed by atoms with van der Waals surface area (Å²) in [6, 6.07) is 18.5. The Labute approximate surface area is 192 Å². The van der Waals surface area contributed by atoms with Gasteiger partial charge in [-0.3, -0.25) is 9.59 Å². The summed E-state index contributed by atoms with van der Waals surface area (Å²) in [5, 5.41) is 3.14. The van der Waals surface area contributed by atoms with Gasteiger partial charge in [-0.05, 0) is 65.9 Å². The monoisotopic (exact) mass is 444 g/mol. The number of nitrogens with one attached hydrogen (secondary N) is 1. The number of ether oxygens (including phenoxy) is 1. The van der Waals surface area contributed by atoms with Crippen LogP contribution < -0.4 is 15.0 Å². The first-order valence-electron chi connectivity index (χ1n) is 10.7. The number of carbonyl (C=O) groups excluding carboxylic acids is 2. The van der Waals surface area contributed by atoms with E-state index in [-0.39, 0.29) is 11.3 Å². The van der Waals surface area contributed by atoms with Gasteiger partial charge in [-0.15, -0.1) is 0 Å². The largest absolute Gasteiger partial charge is 0.495 e. The molecule has 0 saturated carbocycles. The summed E-state index contributed by atoms with van der Waals surface area (Å²) in [6.45, 7) is 6.07. The molecule has 0 radical (unpaired) electrons. The van der Waals surface area contributed by atoms with E-state index in [1.54, 1.807) is 12.1 Å². The molecule has 5 nitrogen and oxygen atoms in total. The van der Waals surface area contributed by atoms with Crippen LogP contribution in [0.15, 0.2) is 72.4 Å². The number of nitrogens with zero attached hydrogens (tertiary/aromatic N) is 1. The minimum atomic E-state index is -0.504. The smallest absolute Gasteiger partial charge is 0.282 e. The van der Waals surface area contributed by atoms with Crippen molar-refractivity contribution < 1.29 is 18.7 Å². The molecule has 0 unspecified atom stereocenters. The van der Waals surface area contributed by atoms with Gasteiger partial charge in [0.25, 0.3) is 11.8 Å². The second-order valence-corrected chi connectivity index (χ2v) is 8.28. The highest BCUT2D eigenvalue weighted by atomic mass is 19.1. The number of hydrogen-bond donors (Lipinski definition) is 1. The van der Waals surface area contributed by atoms with Gasteiger partial charge in [-0.25, -0.2) is 9.29 Å². The molecule has 33 heavy (non-hydrogen) atoms. The van der Waals surface area contributed by atoms with E-state index in [4.69, 9.17) is 4.74 Å². The maximum Gasteiger partial charge on any atom is 0.282 e. The van der Waals surface area contributed by atoms with Gasteiger partial charge >= 0.3 is 0 Å². The van der Waals surface area contributed by atoms with Gasteiger partial charge in [0, 0.05) is 5.69 Å². The van der Waals surface area contributed by atoms with Crippen LogP contribution in [0.5, 0.6) is 5.75 Å². The fourth-order valence-corrected chi connectivity index (χ4v) is 3.82. The third-order valence-electron chi connectivity index (χ3n) is 5.64. The van der Waals surface area contributed by atoms with Crippen LogP contribution >= 0.6 is 0 Å². The van der Waals surface area contributed by atoms with E-state index in [9.17, 15) is 14.0 Å². The summed E-state index contributed by atoms with van der Waals surface area (Å²) in [4.78, 5) is 28.3. The summed E-state index contributed by atoms with van der Waals surface area (Å²) in [5.74, 6) is -0.657. The fourth-order valence-electron chi connectivity index (χ4n) is 3.82. The van der Waals surface area contributed by atoms with Gasteiger partial charge in [-0.1, -0.05) is 44.2 Å². The Morgan fingerprint density at radius 2 is 1.58 bits per heavy atom. The maximum absolute atomic E-state index is 13.6. The van der Waals surface area contributed by atoms with Crippen molar-refractivity contribution in [2.24, 2.45) is 0 Å². The molecule has 1 N–H and O–H groups in total. The van der Waals surface area contributed by atoms with Crippen LogP contribution in [-0.4, -0.2) is 18.9 Å². The molecule has 0 bridgehead atoms. The van der Waals surface area contributed by atoms with Crippen molar-refractivity contribution in [3.8, 4) is 5.75 Å². The second-order valence-electron chi connectivity index (χ2n) is 8.28. The van der Waals surface area contributed by atoms with Crippen LogP contribution in [0.1, 0.15) is 36.5 Å². The first-order valence-corrected chi connectivity index (χ1v) is 10.7. The fraction of sp³-hybridized carbons (Fsp3) is 0.185. The molecule has 3 aromatic carbocycles. The predicted molar refractivity (Wildman–Crippen MR) is 128 cm³/mol. The van der Waals surface area contributed by atoms with Crippen LogP contribution in [0.2, 0.25) is 0 Å². The first-order chi connectivity index (χ1) is 15.8. The minimum Gasteiger partial charge on any atom is -0.495 e. The van der Waals surface area contributed by atoms with Crippen molar-refractivity contribution in [1.82, 2.24) is 0 Å². The lowest BCUT2D eigenvalue weighted by Gasteiger charge is -2.19. The van der Waals surface area contributed by atoms with Crippen molar-refractivity contribution in [2.75, 3.05) is 17.3 Å². The van der Waals surface area contributed by atoms with Crippen molar-refractivity contribution >= 4 is 28.8 Å². The number of halogens is 1. The van der Waals surface area contributed by atoms with E-state index in [2.05, 4.69) is 19.2 Å². The average molecular weight is 445 g/mol. The number of rotatable bonds is 6. The Bertz CT molecular complexity index is 1250. The lowest BCUT2D eigenvalue weighted by atomic mass is 10.0. The lowest BCUT2D eigenvalue weighted by Crippen LogP contribution is -2.32. The molecule has 0 saturated heterocycles. The van der Waals surface area contributed by atoms with Gasteiger partial charge in [-0.2, -0.15) is 0 Å². The summed E-state index contributed by atoms with van der Waals surface area (Å²) >= 11 is 0.